The Hall–Kier alpha value is -0.0800. The van der Waals surface area contributed by atoms with Gasteiger partial charge in [-0.25, -0.2) is 0 Å². The van der Waals surface area contributed by atoms with Crippen molar-refractivity contribution in [2.45, 2.75) is 70.9 Å². The molecule has 1 aliphatic rings. The summed E-state index contributed by atoms with van der Waals surface area (Å²) in [4.78, 5) is 2.56. The van der Waals surface area contributed by atoms with Crippen LogP contribution in [0.4, 0.5) is 0 Å². The molecule has 96 valence electrons. The van der Waals surface area contributed by atoms with E-state index in [9.17, 15) is 0 Å². The van der Waals surface area contributed by atoms with Crippen LogP contribution in [-0.2, 0) is 0 Å². The molecule has 2 nitrogen and oxygen atoms in total. The van der Waals surface area contributed by atoms with E-state index in [0.717, 1.165) is 18.6 Å². The van der Waals surface area contributed by atoms with Gasteiger partial charge in [-0.15, -0.1) is 0 Å². The van der Waals surface area contributed by atoms with E-state index in [0.29, 0.717) is 0 Å². The number of hydrogen-bond acceptors (Lipinski definition) is 2. The third kappa shape index (κ3) is 4.84. The van der Waals surface area contributed by atoms with E-state index in [1.807, 2.05) is 0 Å². The average Bonchev–Trinajstić information content (AvgIpc) is 2.35. The predicted molar refractivity (Wildman–Crippen MR) is 71.9 cm³/mol. The van der Waals surface area contributed by atoms with Crippen molar-refractivity contribution in [1.29, 1.82) is 0 Å². The summed E-state index contributed by atoms with van der Waals surface area (Å²) in [6.07, 6.45) is 9.68. The highest BCUT2D eigenvalue weighted by atomic mass is 15.1. The molecule has 0 amide bonds. The van der Waals surface area contributed by atoms with Crippen molar-refractivity contribution in [1.82, 2.24) is 10.2 Å². The van der Waals surface area contributed by atoms with Gasteiger partial charge in [0, 0.05) is 25.2 Å². The van der Waals surface area contributed by atoms with Gasteiger partial charge in [0.25, 0.3) is 0 Å². The first-order chi connectivity index (χ1) is 7.77. The molecule has 1 fully saturated rings. The van der Waals surface area contributed by atoms with Crippen LogP contribution in [0.2, 0.25) is 0 Å². The molecule has 0 aliphatic heterocycles. The molecule has 0 atom stereocenters. The zero-order valence-corrected chi connectivity index (χ0v) is 11.5. The summed E-state index contributed by atoms with van der Waals surface area (Å²) in [5.74, 6) is 0. The largest absolute Gasteiger partial charge is 0.313 e. The number of nitrogens with one attached hydrogen (secondary N) is 1. The van der Waals surface area contributed by atoms with E-state index in [2.05, 4.69) is 31.1 Å². The highest BCUT2D eigenvalue weighted by molar-refractivity contribution is 4.74. The fourth-order valence-corrected chi connectivity index (χ4v) is 2.73. The third-order valence-corrected chi connectivity index (χ3v) is 4.08. The highest BCUT2D eigenvalue weighted by Crippen LogP contribution is 2.21. The van der Waals surface area contributed by atoms with Crippen LogP contribution < -0.4 is 5.32 Å². The van der Waals surface area contributed by atoms with Crippen LogP contribution in [0.5, 0.6) is 0 Å². The van der Waals surface area contributed by atoms with Gasteiger partial charge in [0.05, 0.1) is 0 Å². The maximum atomic E-state index is 3.65. The van der Waals surface area contributed by atoms with E-state index in [4.69, 9.17) is 0 Å². The molecule has 0 saturated heterocycles. The number of likely N-dealkylation sites (N-methyl/N-ethyl adjacent to an activating group) is 1. The molecule has 16 heavy (non-hydrogen) atoms. The molecule has 0 aromatic rings. The molecule has 1 rings (SSSR count). The second kappa shape index (κ2) is 8.08. The van der Waals surface area contributed by atoms with Gasteiger partial charge >= 0.3 is 0 Å². The minimum Gasteiger partial charge on any atom is -0.313 e. The molecule has 1 aliphatic carbocycles. The van der Waals surface area contributed by atoms with Crippen LogP contribution in [0.3, 0.4) is 0 Å². The Morgan fingerprint density at radius 1 is 1.12 bits per heavy atom. The van der Waals surface area contributed by atoms with Crippen molar-refractivity contribution in [2.24, 2.45) is 0 Å². The summed E-state index contributed by atoms with van der Waals surface area (Å²) in [6, 6.07) is 1.58. The molecule has 0 unspecified atom stereocenters. The maximum Gasteiger partial charge on any atom is 0.0107 e. The molecule has 0 bridgehead atoms. The molecule has 0 aromatic carbocycles. The Kier molecular flexibility index (Phi) is 7.06. The van der Waals surface area contributed by atoms with Crippen LogP contribution in [0.25, 0.3) is 0 Å². The molecular weight excluding hydrogens is 196 g/mol. The van der Waals surface area contributed by atoms with Crippen molar-refractivity contribution in [3.05, 3.63) is 0 Å². The Labute approximate surface area is 102 Å². The standard InChI is InChI=1S/C14H30N2/c1-4-13(5-2)15-11-12-16(3)14-9-7-6-8-10-14/h13-15H,4-12H2,1-3H3. The fraction of sp³-hybridized carbons (Fsp3) is 1.00. The zero-order chi connectivity index (χ0) is 11.8. The van der Waals surface area contributed by atoms with Crippen LogP contribution in [0.1, 0.15) is 58.8 Å². The topological polar surface area (TPSA) is 15.3 Å². The lowest BCUT2D eigenvalue weighted by Gasteiger charge is -2.31. The van der Waals surface area contributed by atoms with E-state index in [-0.39, 0.29) is 0 Å². The lowest BCUT2D eigenvalue weighted by atomic mass is 9.94. The molecule has 2 heteroatoms. The van der Waals surface area contributed by atoms with E-state index >= 15 is 0 Å². The van der Waals surface area contributed by atoms with E-state index in [1.165, 1.54) is 51.5 Å². The molecular formula is C14H30N2. The summed E-state index contributed by atoms with van der Waals surface area (Å²) in [5.41, 5.74) is 0. The van der Waals surface area contributed by atoms with Crippen molar-refractivity contribution in [2.75, 3.05) is 20.1 Å². The Bertz CT molecular complexity index is 160. The SMILES string of the molecule is CCC(CC)NCCN(C)C1CCCCC1. The second-order valence-corrected chi connectivity index (χ2v) is 5.24. The summed E-state index contributed by atoms with van der Waals surface area (Å²) in [5, 5.41) is 3.65. The minimum atomic E-state index is 0.722. The first kappa shape index (κ1) is 14.0. The lowest BCUT2D eigenvalue weighted by Crippen LogP contribution is -2.40. The van der Waals surface area contributed by atoms with Crippen LogP contribution >= 0.6 is 0 Å². The summed E-state index contributed by atoms with van der Waals surface area (Å²) < 4.78 is 0. The first-order valence-electron chi connectivity index (χ1n) is 7.21. The third-order valence-electron chi connectivity index (χ3n) is 4.08. The van der Waals surface area contributed by atoms with Crippen molar-refractivity contribution in [3.63, 3.8) is 0 Å². The van der Waals surface area contributed by atoms with Crippen LogP contribution in [-0.4, -0.2) is 37.1 Å². The monoisotopic (exact) mass is 226 g/mol. The first-order valence-corrected chi connectivity index (χ1v) is 7.21. The van der Waals surface area contributed by atoms with Gasteiger partial charge in [0.2, 0.25) is 0 Å². The molecule has 0 radical (unpaired) electrons. The van der Waals surface area contributed by atoms with Gasteiger partial charge in [0.15, 0.2) is 0 Å². The van der Waals surface area contributed by atoms with E-state index < -0.39 is 0 Å². The van der Waals surface area contributed by atoms with Gasteiger partial charge < -0.3 is 10.2 Å². The molecule has 1 N–H and O–H groups in total. The highest BCUT2D eigenvalue weighted by Gasteiger charge is 2.17. The average molecular weight is 226 g/mol. The van der Waals surface area contributed by atoms with Gasteiger partial charge in [0.1, 0.15) is 0 Å². The normalized spacial score (nSPS) is 18.6. The summed E-state index contributed by atoms with van der Waals surface area (Å²) in [6.45, 7) is 6.90. The summed E-state index contributed by atoms with van der Waals surface area (Å²) >= 11 is 0. The number of nitrogens with zero attached hydrogens (tertiary/aromatic N) is 1. The van der Waals surface area contributed by atoms with Gasteiger partial charge in [-0.1, -0.05) is 33.1 Å². The second-order valence-electron chi connectivity index (χ2n) is 5.24. The van der Waals surface area contributed by atoms with Crippen molar-refractivity contribution in [3.8, 4) is 0 Å². The van der Waals surface area contributed by atoms with Crippen molar-refractivity contribution >= 4 is 0 Å². The Morgan fingerprint density at radius 3 is 2.31 bits per heavy atom. The van der Waals surface area contributed by atoms with Crippen molar-refractivity contribution < 1.29 is 0 Å². The molecule has 1 saturated carbocycles. The van der Waals surface area contributed by atoms with Gasteiger partial charge in [-0.05, 0) is 32.7 Å². The number of hydrogen-bond donors (Lipinski definition) is 1. The van der Waals surface area contributed by atoms with Crippen LogP contribution in [0.15, 0.2) is 0 Å². The Balaban J connectivity index is 2.11. The maximum absolute atomic E-state index is 3.65. The minimum absolute atomic E-state index is 0.722. The molecule has 0 heterocycles. The Morgan fingerprint density at radius 2 is 1.75 bits per heavy atom. The predicted octanol–water partition coefficient (Wildman–Crippen LogP) is 3.03. The van der Waals surface area contributed by atoms with Gasteiger partial charge in [-0.2, -0.15) is 0 Å². The molecule has 0 aromatic heterocycles. The summed E-state index contributed by atoms with van der Waals surface area (Å²) in [7, 11) is 2.30. The lowest BCUT2D eigenvalue weighted by molar-refractivity contribution is 0.190. The van der Waals surface area contributed by atoms with E-state index in [1.54, 1.807) is 0 Å². The fourth-order valence-electron chi connectivity index (χ4n) is 2.73. The molecule has 0 spiro atoms. The zero-order valence-electron chi connectivity index (χ0n) is 11.5. The quantitative estimate of drug-likeness (QED) is 0.718. The van der Waals surface area contributed by atoms with Gasteiger partial charge in [-0.3, -0.25) is 0 Å². The smallest absolute Gasteiger partial charge is 0.0107 e. The van der Waals surface area contributed by atoms with Crippen LogP contribution in [0, 0.1) is 0 Å². The number of rotatable bonds is 7.